The molecule has 0 fully saturated rings. The maximum Gasteiger partial charge on any atom is 0.335 e. The number of aromatic nitrogens is 3. The second kappa shape index (κ2) is 3.73. The minimum Gasteiger partial charge on any atom is -0.478 e. The Morgan fingerprint density at radius 1 is 1.50 bits per heavy atom. The normalized spacial score (nSPS) is 10.4. The lowest BCUT2D eigenvalue weighted by atomic mass is 10.1. The first-order chi connectivity index (χ1) is 7.58. The Labute approximate surface area is 90.1 Å². The number of rotatable bonds is 2. The van der Waals surface area contributed by atoms with Gasteiger partial charge in [-0.1, -0.05) is 5.21 Å². The minimum atomic E-state index is -1.16. The van der Waals surface area contributed by atoms with E-state index < -0.39 is 11.8 Å². The van der Waals surface area contributed by atoms with Gasteiger partial charge in [0.05, 0.1) is 11.8 Å². The number of halogens is 1. The topological polar surface area (TPSA) is 68.0 Å². The monoisotopic (exact) mass is 221 g/mol. The Hall–Kier alpha value is -2.24. The van der Waals surface area contributed by atoms with Gasteiger partial charge in [-0.25, -0.2) is 9.18 Å². The van der Waals surface area contributed by atoms with Crippen LogP contribution in [0.3, 0.4) is 0 Å². The lowest BCUT2D eigenvalue weighted by Crippen LogP contribution is -1.97. The van der Waals surface area contributed by atoms with Gasteiger partial charge in [0.1, 0.15) is 11.5 Å². The van der Waals surface area contributed by atoms with Gasteiger partial charge in [0.2, 0.25) is 0 Å². The third-order valence-corrected chi connectivity index (χ3v) is 2.09. The predicted molar refractivity (Wildman–Crippen MR) is 53.4 cm³/mol. The molecule has 1 aromatic heterocycles. The van der Waals surface area contributed by atoms with Crippen LogP contribution in [0.25, 0.3) is 11.3 Å². The Morgan fingerprint density at radius 2 is 2.25 bits per heavy atom. The van der Waals surface area contributed by atoms with Crippen LogP contribution in [0.4, 0.5) is 4.39 Å². The first-order valence-electron chi connectivity index (χ1n) is 4.47. The van der Waals surface area contributed by atoms with Crippen LogP contribution in [0, 0.1) is 5.82 Å². The Morgan fingerprint density at radius 3 is 2.75 bits per heavy atom. The fourth-order valence-electron chi connectivity index (χ4n) is 1.33. The van der Waals surface area contributed by atoms with E-state index in [2.05, 4.69) is 10.3 Å². The van der Waals surface area contributed by atoms with Crippen LogP contribution in [-0.2, 0) is 7.05 Å². The molecule has 0 radical (unpaired) electrons. The molecule has 1 aromatic carbocycles. The van der Waals surface area contributed by atoms with E-state index >= 15 is 0 Å². The molecule has 2 rings (SSSR count). The SMILES string of the molecule is Cn1cc(-c2ccc(C(=O)O)cc2F)nn1. The number of nitrogens with zero attached hydrogens (tertiary/aromatic N) is 3. The molecule has 0 atom stereocenters. The molecular weight excluding hydrogens is 213 g/mol. The molecule has 1 N–H and O–H groups in total. The molecule has 16 heavy (non-hydrogen) atoms. The highest BCUT2D eigenvalue weighted by molar-refractivity contribution is 5.88. The van der Waals surface area contributed by atoms with Crippen LogP contribution in [0.1, 0.15) is 10.4 Å². The third kappa shape index (κ3) is 1.77. The highest BCUT2D eigenvalue weighted by Gasteiger charge is 2.11. The summed E-state index contributed by atoms with van der Waals surface area (Å²) >= 11 is 0. The van der Waals surface area contributed by atoms with Gasteiger partial charge < -0.3 is 5.11 Å². The number of benzene rings is 1. The molecule has 6 heteroatoms. The first-order valence-corrected chi connectivity index (χ1v) is 4.47. The zero-order chi connectivity index (χ0) is 11.7. The zero-order valence-corrected chi connectivity index (χ0v) is 8.38. The Balaban J connectivity index is 2.47. The van der Waals surface area contributed by atoms with Crippen molar-refractivity contribution in [1.82, 2.24) is 15.0 Å². The fraction of sp³-hybridized carbons (Fsp3) is 0.100. The highest BCUT2D eigenvalue weighted by Crippen LogP contribution is 2.21. The minimum absolute atomic E-state index is 0.0925. The van der Waals surface area contributed by atoms with Crippen LogP contribution in [0.5, 0.6) is 0 Å². The molecule has 0 aliphatic rings. The van der Waals surface area contributed by atoms with Crippen molar-refractivity contribution in [2.24, 2.45) is 7.05 Å². The molecule has 0 aliphatic heterocycles. The molecule has 2 aromatic rings. The first kappa shape index (κ1) is 10.3. The predicted octanol–water partition coefficient (Wildman–Crippen LogP) is 1.32. The molecule has 0 unspecified atom stereocenters. The maximum absolute atomic E-state index is 13.6. The van der Waals surface area contributed by atoms with E-state index in [4.69, 9.17) is 5.11 Å². The van der Waals surface area contributed by atoms with Crippen molar-refractivity contribution in [3.63, 3.8) is 0 Å². The van der Waals surface area contributed by atoms with Gasteiger partial charge in [-0.2, -0.15) is 0 Å². The van der Waals surface area contributed by atoms with Crippen molar-refractivity contribution >= 4 is 5.97 Å². The number of carboxylic acids is 1. The largest absolute Gasteiger partial charge is 0.478 e. The molecule has 0 saturated carbocycles. The summed E-state index contributed by atoms with van der Waals surface area (Å²) in [6.45, 7) is 0. The summed E-state index contributed by atoms with van der Waals surface area (Å²) in [6, 6.07) is 3.67. The van der Waals surface area contributed by atoms with Crippen LogP contribution in [0.2, 0.25) is 0 Å². The number of carbonyl (C=O) groups is 1. The van der Waals surface area contributed by atoms with Gasteiger partial charge in [0, 0.05) is 12.6 Å². The van der Waals surface area contributed by atoms with Gasteiger partial charge in [-0.3, -0.25) is 4.68 Å². The van der Waals surface area contributed by atoms with Gasteiger partial charge in [-0.05, 0) is 18.2 Å². The third-order valence-electron chi connectivity index (χ3n) is 2.09. The van der Waals surface area contributed by atoms with E-state index in [-0.39, 0.29) is 11.1 Å². The van der Waals surface area contributed by atoms with E-state index in [1.807, 2.05) is 0 Å². The molecule has 0 amide bonds. The number of hydrogen-bond donors (Lipinski definition) is 1. The summed E-state index contributed by atoms with van der Waals surface area (Å²) in [5.41, 5.74) is 0.514. The van der Waals surface area contributed by atoms with Crippen molar-refractivity contribution in [3.8, 4) is 11.3 Å². The van der Waals surface area contributed by atoms with Crippen molar-refractivity contribution in [3.05, 3.63) is 35.8 Å². The van der Waals surface area contributed by atoms with Crippen molar-refractivity contribution in [2.45, 2.75) is 0 Å². The standard InChI is InChI=1S/C10H8FN3O2/c1-14-5-9(12-13-14)7-3-2-6(10(15)16)4-8(7)11/h2-5H,1H3,(H,15,16). The molecule has 0 spiro atoms. The van der Waals surface area contributed by atoms with E-state index in [0.717, 1.165) is 6.07 Å². The van der Waals surface area contributed by atoms with Gasteiger partial charge in [0.25, 0.3) is 0 Å². The molecule has 5 nitrogen and oxygen atoms in total. The number of hydrogen-bond acceptors (Lipinski definition) is 3. The average molecular weight is 221 g/mol. The van der Waals surface area contributed by atoms with Crippen molar-refractivity contribution in [2.75, 3.05) is 0 Å². The quantitative estimate of drug-likeness (QED) is 0.830. The van der Waals surface area contributed by atoms with Gasteiger partial charge >= 0.3 is 5.97 Å². The van der Waals surface area contributed by atoms with E-state index in [9.17, 15) is 9.18 Å². The Bertz CT molecular complexity index is 551. The maximum atomic E-state index is 13.6. The summed E-state index contributed by atoms with van der Waals surface area (Å²) in [6.07, 6.45) is 1.55. The zero-order valence-electron chi connectivity index (χ0n) is 8.38. The van der Waals surface area contributed by atoms with Crippen LogP contribution < -0.4 is 0 Å². The second-order valence-electron chi connectivity index (χ2n) is 3.28. The number of aryl methyl sites for hydroxylation is 1. The number of aromatic carboxylic acids is 1. The highest BCUT2D eigenvalue weighted by atomic mass is 19.1. The van der Waals surface area contributed by atoms with Gasteiger partial charge in [0.15, 0.2) is 0 Å². The van der Waals surface area contributed by atoms with E-state index in [1.54, 1.807) is 13.2 Å². The lowest BCUT2D eigenvalue weighted by molar-refractivity contribution is 0.0696. The molecule has 0 bridgehead atoms. The van der Waals surface area contributed by atoms with Gasteiger partial charge in [-0.15, -0.1) is 5.10 Å². The van der Waals surface area contributed by atoms with E-state index in [1.165, 1.54) is 16.8 Å². The summed E-state index contributed by atoms with van der Waals surface area (Å²) in [4.78, 5) is 10.6. The number of carboxylic acid groups (broad SMARTS) is 1. The molecule has 0 aliphatic carbocycles. The van der Waals surface area contributed by atoms with Crippen LogP contribution in [0.15, 0.2) is 24.4 Å². The lowest BCUT2D eigenvalue weighted by Gasteiger charge is -1.99. The second-order valence-corrected chi connectivity index (χ2v) is 3.28. The molecule has 1 heterocycles. The Kier molecular flexibility index (Phi) is 2.40. The van der Waals surface area contributed by atoms with Crippen molar-refractivity contribution in [1.29, 1.82) is 0 Å². The molecule has 0 saturated heterocycles. The summed E-state index contributed by atoms with van der Waals surface area (Å²) < 4.78 is 15.0. The fourth-order valence-corrected chi connectivity index (χ4v) is 1.33. The average Bonchev–Trinajstić information content (AvgIpc) is 2.64. The summed E-state index contributed by atoms with van der Waals surface area (Å²) in [5.74, 6) is -1.79. The molecule has 82 valence electrons. The van der Waals surface area contributed by atoms with Crippen molar-refractivity contribution < 1.29 is 14.3 Å². The van der Waals surface area contributed by atoms with Crippen LogP contribution in [-0.4, -0.2) is 26.1 Å². The summed E-state index contributed by atoms with van der Waals surface area (Å²) in [5, 5.41) is 16.1. The van der Waals surface area contributed by atoms with E-state index in [0.29, 0.717) is 5.69 Å². The molecular formula is C10H8FN3O2. The smallest absolute Gasteiger partial charge is 0.335 e. The summed E-state index contributed by atoms with van der Waals surface area (Å²) in [7, 11) is 1.67. The van der Waals surface area contributed by atoms with Crippen LogP contribution >= 0.6 is 0 Å².